The number of nitrogens with zero attached hydrogens (tertiary/aromatic N) is 3. The van der Waals surface area contributed by atoms with Crippen molar-refractivity contribution in [1.82, 2.24) is 20.4 Å². The zero-order chi connectivity index (χ0) is 16.6. The van der Waals surface area contributed by atoms with E-state index >= 15 is 0 Å². The van der Waals surface area contributed by atoms with Crippen molar-refractivity contribution in [1.29, 1.82) is 0 Å². The van der Waals surface area contributed by atoms with Crippen LogP contribution in [0.2, 0.25) is 0 Å². The fourth-order valence-corrected chi connectivity index (χ4v) is 3.07. The predicted molar refractivity (Wildman–Crippen MR) is 88.5 cm³/mol. The molecule has 3 heterocycles. The van der Waals surface area contributed by atoms with Crippen molar-refractivity contribution in [3.63, 3.8) is 0 Å². The molecule has 1 aliphatic heterocycles. The molecular weight excluding hydrogens is 292 g/mol. The quantitative estimate of drug-likeness (QED) is 0.921. The molecule has 0 radical (unpaired) electrons. The highest BCUT2D eigenvalue weighted by Crippen LogP contribution is 2.29. The summed E-state index contributed by atoms with van der Waals surface area (Å²) in [5.74, 6) is 0.0282. The van der Waals surface area contributed by atoms with Gasteiger partial charge in [-0.05, 0) is 26.0 Å². The summed E-state index contributed by atoms with van der Waals surface area (Å²) in [6, 6.07) is 2.23. The molecule has 0 aliphatic carbocycles. The maximum absolute atomic E-state index is 12.8. The number of amides is 1. The molecule has 1 saturated heterocycles. The van der Waals surface area contributed by atoms with E-state index in [0.29, 0.717) is 17.3 Å². The Labute approximate surface area is 136 Å². The number of nitrogens with one attached hydrogen (secondary N) is 1. The van der Waals surface area contributed by atoms with Gasteiger partial charge < -0.3 is 14.7 Å². The normalized spacial score (nSPS) is 19.3. The number of carbonyl (C=O) groups is 1. The van der Waals surface area contributed by atoms with E-state index in [1.807, 2.05) is 18.0 Å². The van der Waals surface area contributed by atoms with E-state index in [1.165, 1.54) is 0 Å². The van der Waals surface area contributed by atoms with Crippen molar-refractivity contribution in [2.75, 3.05) is 20.1 Å². The van der Waals surface area contributed by atoms with Crippen molar-refractivity contribution in [2.45, 2.75) is 45.1 Å². The summed E-state index contributed by atoms with van der Waals surface area (Å²) in [4.78, 5) is 19.0. The molecule has 6 nitrogen and oxygen atoms in total. The van der Waals surface area contributed by atoms with Crippen LogP contribution in [0.25, 0.3) is 11.1 Å². The van der Waals surface area contributed by atoms with Gasteiger partial charge in [-0.25, -0.2) is 4.98 Å². The minimum atomic E-state index is -0.156. The first kappa shape index (κ1) is 15.9. The van der Waals surface area contributed by atoms with Crippen molar-refractivity contribution in [2.24, 2.45) is 0 Å². The number of carbonyl (C=O) groups excluding carboxylic acids is 1. The highest BCUT2D eigenvalue weighted by Gasteiger charge is 2.26. The second-order valence-corrected chi connectivity index (χ2v) is 7.24. The zero-order valence-corrected chi connectivity index (χ0v) is 14.2. The van der Waals surface area contributed by atoms with E-state index in [1.54, 1.807) is 6.20 Å². The number of pyridine rings is 1. The van der Waals surface area contributed by atoms with Crippen LogP contribution in [0, 0.1) is 0 Å². The van der Waals surface area contributed by atoms with Gasteiger partial charge in [0.2, 0.25) is 0 Å². The summed E-state index contributed by atoms with van der Waals surface area (Å²) >= 11 is 0. The molecule has 1 aliphatic rings. The lowest BCUT2D eigenvalue weighted by atomic mass is 9.90. The van der Waals surface area contributed by atoms with Gasteiger partial charge in [0.1, 0.15) is 0 Å². The molecule has 0 spiro atoms. The van der Waals surface area contributed by atoms with Gasteiger partial charge in [0.25, 0.3) is 11.6 Å². The smallest absolute Gasteiger partial charge is 0.257 e. The SMILES string of the molecule is CNC1CCCN(C(=O)c2cnc3onc(C(C)(C)C)c3c2)C1. The maximum Gasteiger partial charge on any atom is 0.257 e. The van der Waals surface area contributed by atoms with Gasteiger partial charge in [-0.2, -0.15) is 0 Å². The van der Waals surface area contributed by atoms with E-state index in [-0.39, 0.29) is 11.3 Å². The van der Waals surface area contributed by atoms with Gasteiger partial charge in [-0.1, -0.05) is 25.9 Å². The number of likely N-dealkylation sites (N-methyl/N-ethyl adjacent to an activating group) is 1. The largest absolute Gasteiger partial charge is 0.337 e. The number of aromatic nitrogens is 2. The van der Waals surface area contributed by atoms with Crippen LogP contribution in [0.3, 0.4) is 0 Å². The first-order valence-electron chi connectivity index (χ1n) is 8.12. The Morgan fingerprint density at radius 2 is 2.22 bits per heavy atom. The van der Waals surface area contributed by atoms with Gasteiger partial charge in [0.05, 0.1) is 16.6 Å². The molecule has 1 atom stereocenters. The number of likely N-dealkylation sites (tertiary alicyclic amines) is 1. The van der Waals surface area contributed by atoms with Crippen LogP contribution in [0.15, 0.2) is 16.8 Å². The van der Waals surface area contributed by atoms with Gasteiger partial charge in [-0.15, -0.1) is 0 Å². The number of hydrogen-bond acceptors (Lipinski definition) is 5. The molecule has 1 N–H and O–H groups in total. The summed E-state index contributed by atoms with van der Waals surface area (Å²) in [5, 5.41) is 8.22. The highest BCUT2D eigenvalue weighted by molar-refractivity contribution is 5.97. The summed E-state index contributed by atoms with van der Waals surface area (Å²) in [6.45, 7) is 7.75. The van der Waals surface area contributed by atoms with Crippen LogP contribution < -0.4 is 5.32 Å². The fraction of sp³-hybridized carbons (Fsp3) is 0.588. The predicted octanol–water partition coefficient (Wildman–Crippen LogP) is 2.34. The zero-order valence-electron chi connectivity index (χ0n) is 14.2. The number of rotatable bonds is 2. The molecule has 23 heavy (non-hydrogen) atoms. The minimum absolute atomic E-state index is 0.0282. The number of piperidine rings is 1. The van der Waals surface area contributed by atoms with Crippen LogP contribution in [0.4, 0.5) is 0 Å². The molecule has 0 saturated carbocycles. The summed E-state index contributed by atoms with van der Waals surface area (Å²) in [6.07, 6.45) is 3.72. The minimum Gasteiger partial charge on any atom is -0.337 e. The Hall–Kier alpha value is -1.95. The Morgan fingerprint density at radius 3 is 2.91 bits per heavy atom. The Bertz CT molecular complexity index is 717. The van der Waals surface area contributed by atoms with E-state index in [9.17, 15) is 4.79 Å². The second kappa shape index (κ2) is 5.92. The van der Waals surface area contributed by atoms with Gasteiger partial charge in [0.15, 0.2) is 0 Å². The van der Waals surface area contributed by atoms with Crippen molar-refractivity contribution in [3.8, 4) is 0 Å². The topological polar surface area (TPSA) is 71.3 Å². The van der Waals surface area contributed by atoms with E-state index in [0.717, 1.165) is 37.0 Å². The molecule has 0 bridgehead atoms. The van der Waals surface area contributed by atoms with E-state index in [4.69, 9.17) is 4.52 Å². The second-order valence-electron chi connectivity index (χ2n) is 7.24. The van der Waals surface area contributed by atoms with Crippen LogP contribution in [-0.4, -0.2) is 47.1 Å². The lowest BCUT2D eigenvalue weighted by Crippen LogP contribution is -2.46. The molecule has 124 valence electrons. The average Bonchev–Trinajstić information content (AvgIpc) is 2.97. The Kier molecular flexibility index (Phi) is 4.10. The third kappa shape index (κ3) is 3.08. The molecular formula is C17H24N4O2. The van der Waals surface area contributed by atoms with Crippen LogP contribution in [-0.2, 0) is 5.41 Å². The van der Waals surface area contributed by atoms with Gasteiger partial charge >= 0.3 is 0 Å². The Balaban J connectivity index is 1.92. The van der Waals surface area contributed by atoms with E-state index < -0.39 is 0 Å². The molecule has 2 aromatic rings. The first-order valence-corrected chi connectivity index (χ1v) is 8.12. The molecule has 0 aromatic carbocycles. The third-order valence-corrected chi connectivity index (χ3v) is 4.40. The summed E-state index contributed by atoms with van der Waals surface area (Å²) in [7, 11) is 1.94. The Morgan fingerprint density at radius 1 is 1.43 bits per heavy atom. The van der Waals surface area contributed by atoms with Gasteiger partial charge in [0, 0.05) is 30.7 Å². The fourth-order valence-electron chi connectivity index (χ4n) is 3.07. The third-order valence-electron chi connectivity index (χ3n) is 4.40. The lowest BCUT2D eigenvalue weighted by Gasteiger charge is -2.32. The maximum atomic E-state index is 12.8. The lowest BCUT2D eigenvalue weighted by molar-refractivity contribution is 0.0698. The van der Waals surface area contributed by atoms with Crippen LogP contribution >= 0.6 is 0 Å². The average molecular weight is 316 g/mol. The highest BCUT2D eigenvalue weighted by atomic mass is 16.5. The molecule has 1 amide bonds. The summed E-state index contributed by atoms with van der Waals surface area (Å²) in [5.41, 5.74) is 1.76. The first-order chi connectivity index (χ1) is 10.9. The summed E-state index contributed by atoms with van der Waals surface area (Å²) < 4.78 is 5.29. The molecule has 6 heteroatoms. The van der Waals surface area contributed by atoms with Crippen LogP contribution in [0.5, 0.6) is 0 Å². The molecule has 1 unspecified atom stereocenters. The van der Waals surface area contributed by atoms with Crippen molar-refractivity contribution in [3.05, 3.63) is 23.5 Å². The monoisotopic (exact) mass is 316 g/mol. The van der Waals surface area contributed by atoms with Crippen LogP contribution in [0.1, 0.15) is 49.7 Å². The number of hydrogen-bond donors (Lipinski definition) is 1. The number of fused-ring (bicyclic) bond motifs is 1. The van der Waals surface area contributed by atoms with Crippen molar-refractivity contribution >= 4 is 17.0 Å². The molecule has 3 rings (SSSR count). The van der Waals surface area contributed by atoms with Gasteiger partial charge in [-0.3, -0.25) is 4.79 Å². The van der Waals surface area contributed by atoms with Crippen molar-refractivity contribution < 1.29 is 9.32 Å². The van der Waals surface area contributed by atoms with E-state index in [2.05, 4.69) is 36.2 Å². The molecule has 1 fully saturated rings. The molecule has 2 aromatic heterocycles. The standard InChI is InChI=1S/C17H24N4O2/c1-17(2,3)14-13-8-11(9-19-15(13)23-20-14)16(22)21-7-5-6-12(10-21)18-4/h8-9,12,18H,5-7,10H2,1-4H3.